The lowest BCUT2D eigenvalue weighted by Crippen LogP contribution is -2.12. The minimum Gasteiger partial charge on any atom is -0.428 e. The van der Waals surface area contributed by atoms with Crippen molar-refractivity contribution in [2.24, 2.45) is 0 Å². The number of alkyl halides is 1. The molecule has 0 aliphatic rings. The van der Waals surface area contributed by atoms with Gasteiger partial charge in [0.25, 0.3) is 9.76 Å². The van der Waals surface area contributed by atoms with Gasteiger partial charge in [-0.05, 0) is 10.8 Å². The van der Waals surface area contributed by atoms with E-state index < -0.39 is 0 Å². The molecule has 0 unspecified atom stereocenters. The van der Waals surface area contributed by atoms with Crippen LogP contribution < -0.4 is 5.19 Å². The Kier molecular flexibility index (Phi) is 2.93. The van der Waals surface area contributed by atoms with Crippen molar-refractivity contribution in [1.29, 1.82) is 0 Å². The first-order valence-electron chi connectivity index (χ1n) is 2.92. The molecule has 0 aliphatic carbocycles. The van der Waals surface area contributed by atoms with E-state index >= 15 is 0 Å². The Morgan fingerprint density at radius 2 is 1.90 bits per heavy atom. The Balaban J connectivity index is 2.80. The second-order valence-electron chi connectivity index (χ2n) is 1.94. The molecule has 1 rings (SSSR count). The maximum absolute atomic E-state index is 8.70. The Morgan fingerprint density at radius 1 is 1.30 bits per heavy atom. The zero-order chi connectivity index (χ0) is 7.40. The monoisotopic (exact) mass is 170 g/mol. The molecule has 0 spiro atoms. The summed E-state index contributed by atoms with van der Waals surface area (Å²) in [7, 11) is -0.115. The molecule has 2 radical (unpaired) electrons. The summed E-state index contributed by atoms with van der Waals surface area (Å²) in [6.07, 6.45) is 0. The predicted molar refractivity (Wildman–Crippen MR) is 43.6 cm³/mol. The van der Waals surface area contributed by atoms with E-state index in [1.807, 2.05) is 24.3 Å². The summed E-state index contributed by atoms with van der Waals surface area (Å²) in [5.74, 6) is 0.537. The lowest BCUT2D eigenvalue weighted by atomic mass is 10.2. The standard InChI is InChI=1S/C7H7ClOSi/c8-5-6-1-3-7(10-9)4-2-6/h1-4,9H,5H2. The van der Waals surface area contributed by atoms with Gasteiger partial charge in [-0.25, -0.2) is 0 Å². The van der Waals surface area contributed by atoms with Crippen LogP contribution in [-0.4, -0.2) is 14.6 Å². The second-order valence-corrected chi connectivity index (χ2v) is 3.01. The molecule has 1 aromatic carbocycles. The second kappa shape index (κ2) is 3.76. The van der Waals surface area contributed by atoms with Crippen molar-refractivity contribution in [2.75, 3.05) is 0 Å². The van der Waals surface area contributed by atoms with Gasteiger partial charge in [-0.15, -0.1) is 11.6 Å². The molecule has 0 saturated heterocycles. The molecule has 1 nitrogen and oxygen atoms in total. The summed E-state index contributed by atoms with van der Waals surface area (Å²) < 4.78 is 0. The van der Waals surface area contributed by atoms with Gasteiger partial charge in [0.1, 0.15) is 0 Å². The summed E-state index contributed by atoms with van der Waals surface area (Å²) in [6.45, 7) is 0. The Morgan fingerprint density at radius 3 is 2.30 bits per heavy atom. The van der Waals surface area contributed by atoms with Gasteiger partial charge >= 0.3 is 0 Å². The summed E-state index contributed by atoms with van der Waals surface area (Å²) in [5.41, 5.74) is 1.09. The van der Waals surface area contributed by atoms with Crippen LogP contribution in [0.2, 0.25) is 0 Å². The fraction of sp³-hybridized carbons (Fsp3) is 0.143. The first-order chi connectivity index (χ1) is 4.86. The molecular weight excluding hydrogens is 164 g/mol. The van der Waals surface area contributed by atoms with Gasteiger partial charge < -0.3 is 4.80 Å². The van der Waals surface area contributed by atoms with Crippen molar-refractivity contribution >= 4 is 26.6 Å². The molecule has 1 N–H and O–H groups in total. The van der Waals surface area contributed by atoms with Gasteiger partial charge in [-0.1, -0.05) is 24.3 Å². The quantitative estimate of drug-likeness (QED) is 0.511. The van der Waals surface area contributed by atoms with Gasteiger partial charge in [-0.2, -0.15) is 0 Å². The van der Waals surface area contributed by atoms with Crippen LogP contribution in [0.25, 0.3) is 0 Å². The van der Waals surface area contributed by atoms with Crippen LogP contribution in [0.3, 0.4) is 0 Å². The van der Waals surface area contributed by atoms with E-state index in [0.717, 1.165) is 10.8 Å². The maximum Gasteiger partial charge on any atom is 0.265 e. The Bertz CT molecular complexity index is 174. The summed E-state index contributed by atoms with van der Waals surface area (Å²) in [4.78, 5) is 8.70. The number of hydrogen-bond donors (Lipinski definition) is 1. The van der Waals surface area contributed by atoms with Crippen LogP contribution in [0.4, 0.5) is 0 Å². The van der Waals surface area contributed by atoms with Crippen molar-refractivity contribution < 1.29 is 4.80 Å². The largest absolute Gasteiger partial charge is 0.428 e. The van der Waals surface area contributed by atoms with Crippen LogP contribution in [0.5, 0.6) is 0 Å². The molecule has 0 saturated carbocycles. The van der Waals surface area contributed by atoms with E-state index in [-0.39, 0.29) is 9.76 Å². The maximum atomic E-state index is 8.70. The van der Waals surface area contributed by atoms with Gasteiger partial charge in [-0.3, -0.25) is 0 Å². The summed E-state index contributed by atoms with van der Waals surface area (Å²) >= 11 is 5.56. The highest BCUT2D eigenvalue weighted by Gasteiger charge is 1.91. The molecule has 0 amide bonds. The fourth-order valence-electron chi connectivity index (χ4n) is 0.668. The number of hydrogen-bond acceptors (Lipinski definition) is 1. The van der Waals surface area contributed by atoms with Crippen molar-refractivity contribution in [1.82, 2.24) is 0 Å². The number of halogens is 1. The van der Waals surface area contributed by atoms with Crippen LogP contribution in [-0.2, 0) is 5.88 Å². The van der Waals surface area contributed by atoms with Crippen LogP contribution >= 0.6 is 11.6 Å². The first-order valence-corrected chi connectivity index (χ1v) is 4.40. The highest BCUT2D eigenvalue weighted by atomic mass is 35.5. The fourth-order valence-corrected chi connectivity index (χ4v) is 1.16. The molecule has 0 fully saturated rings. The number of rotatable bonds is 2. The van der Waals surface area contributed by atoms with E-state index in [0.29, 0.717) is 5.88 Å². The van der Waals surface area contributed by atoms with Crippen molar-refractivity contribution in [3.8, 4) is 0 Å². The SMILES string of the molecule is O[Si]c1ccc(CCl)cc1. The topological polar surface area (TPSA) is 20.2 Å². The molecule has 0 aliphatic heterocycles. The summed E-state index contributed by atoms with van der Waals surface area (Å²) in [6, 6.07) is 7.61. The third-order valence-electron chi connectivity index (χ3n) is 1.24. The Hall–Kier alpha value is -0.313. The normalized spacial score (nSPS) is 9.80. The van der Waals surface area contributed by atoms with Gasteiger partial charge in [0.05, 0.1) is 0 Å². The molecule has 0 atom stereocenters. The smallest absolute Gasteiger partial charge is 0.265 e. The minimum atomic E-state index is -0.115. The zero-order valence-corrected chi connectivity index (χ0v) is 7.10. The van der Waals surface area contributed by atoms with Gasteiger partial charge in [0.2, 0.25) is 0 Å². The highest BCUT2D eigenvalue weighted by Crippen LogP contribution is 1.99. The molecular formula is C7H7ClOSi. The third kappa shape index (κ3) is 1.83. The van der Waals surface area contributed by atoms with Gasteiger partial charge in [0, 0.05) is 5.88 Å². The van der Waals surface area contributed by atoms with Crippen LogP contribution in [0.15, 0.2) is 24.3 Å². The predicted octanol–water partition coefficient (Wildman–Crippen LogP) is 0.662. The summed E-state index contributed by atoms with van der Waals surface area (Å²) in [5, 5.41) is 0.953. The number of benzene rings is 1. The van der Waals surface area contributed by atoms with Crippen molar-refractivity contribution in [3.63, 3.8) is 0 Å². The molecule has 0 bridgehead atoms. The van der Waals surface area contributed by atoms with Crippen LogP contribution in [0, 0.1) is 0 Å². The third-order valence-corrected chi connectivity index (χ3v) is 2.14. The van der Waals surface area contributed by atoms with Crippen LogP contribution in [0.1, 0.15) is 5.56 Å². The Labute approximate surface area is 67.6 Å². The van der Waals surface area contributed by atoms with Crippen molar-refractivity contribution in [2.45, 2.75) is 5.88 Å². The minimum absolute atomic E-state index is 0.115. The zero-order valence-electron chi connectivity index (χ0n) is 5.34. The van der Waals surface area contributed by atoms with E-state index in [1.54, 1.807) is 0 Å². The lowest BCUT2D eigenvalue weighted by Gasteiger charge is -1.95. The van der Waals surface area contributed by atoms with Crippen molar-refractivity contribution in [3.05, 3.63) is 29.8 Å². The average Bonchev–Trinajstić information content (AvgIpc) is 2.05. The molecule has 10 heavy (non-hydrogen) atoms. The van der Waals surface area contributed by atoms with E-state index in [1.165, 1.54) is 0 Å². The molecule has 1 aromatic rings. The van der Waals surface area contributed by atoms with E-state index in [4.69, 9.17) is 16.4 Å². The average molecular weight is 171 g/mol. The molecule has 52 valence electrons. The highest BCUT2D eigenvalue weighted by molar-refractivity contribution is 6.45. The van der Waals surface area contributed by atoms with Gasteiger partial charge in [0.15, 0.2) is 0 Å². The molecule has 0 aromatic heterocycles. The molecule has 0 heterocycles. The van der Waals surface area contributed by atoms with E-state index in [9.17, 15) is 0 Å². The first kappa shape index (κ1) is 7.79. The molecule has 3 heteroatoms. The van der Waals surface area contributed by atoms with E-state index in [2.05, 4.69) is 0 Å². The lowest BCUT2D eigenvalue weighted by molar-refractivity contribution is 0.615.